The molecule has 1 fully saturated rings. The molecule has 0 radical (unpaired) electrons. The average molecular weight is 245 g/mol. The van der Waals surface area contributed by atoms with Gasteiger partial charge in [0.2, 0.25) is 0 Å². The highest BCUT2D eigenvalue weighted by molar-refractivity contribution is 5.77. The summed E-state index contributed by atoms with van der Waals surface area (Å²) in [5.41, 5.74) is 9.41. The van der Waals surface area contributed by atoms with Crippen LogP contribution < -0.4 is 5.73 Å². The van der Waals surface area contributed by atoms with E-state index in [0.717, 1.165) is 31.0 Å². The first-order chi connectivity index (χ1) is 8.70. The molecule has 0 bridgehead atoms. The maximum absolute atomic E-state index is 5.90. The second-order valence-electron chi connectivity index (χ2n) is 5.12. The molecule has 18 heavy (non-hydrogen) atoms. The number of aryl methyl sites for hydroxylation is 2. The third-order valence-corrected chi connectivity index (χ3v) is 4.05. The minimum Gasteiger partial charge on any atom is -0.379 e. The van der Waals surface area contributed by atoms with Crippen molar-refractivity contribution in [2.24, 2.45) is 12.8 Å². The number of ether oxygens (including phenoxy) is 1. The molecule has 2 aromatic rings. The minimum absolute atomic E-state index is 0.0120. The number of nitrogens with zero attached hydrogens (tertiary/aromatic N) is 2. The molecule has 2 heterocycles. The van der Waals surface area contributed by atoms with E-state index >= 15 is 0 Å². The Kier molecular flexibility index (Phi) is 2.64. The smallest absolute Gasteiger partial charge is 0.109 e. The normalized spacial score (nSPS) is 17.9. The van der Waals surface area contributed by atoms with Crippen LogP contribution >= 0.6 is 0 Å². The first kappa shape index (κ1) is 11.7. The van der Waals surface area contributed by atoms with Gasteiger partial charge in [0.25, 0.3) is 0 Å². The van der Waals surface area contributed by atoms with Gasteiger partial charge in [-0.05, 0) is 17.7 Å². The van der Waals surface area contributed by atoms with E-state index in [1.165, 1.54) is 11.1 Å². The van der Waals surface area contributed by atoms with Gasteiger partial charge in [-0.3, -0.25) is 0 Å². The Labute approximate surface area is 107 Å². The number of hydrogen-bond acceptors (Lipinski definition) is 3. The molecule has 0 amide bonds. The number of nitrogens with two attached hydrogens (primary N) is 1. The molecule has 0 unspecified atom stereocenters. The van der Waals surface area contributed by atoms with E-state index in [2.05, 4.69) is 41.7 Å². The molecule has 1 aliphatic heterocycles. The van der Waals surface area contributed by atoms with Crippen LogP contribution in [0.25, 0.3) is 11.0 Å². The van der Waals surface area contributed by atoms with Gasteiger partial charge >= 0.3 is 0 Å². The highest BCUT2D eigenvalue weighted by Gasteiger charge is 2.39. The number of aromatic nitrogens is 2. The lowest BCUT2D eigenvalue weighted by atomic mass is 9.78. The molecule has 0 spiro atoms. The van der Waals surface area contributed by atoms with E-state index in [1.54, 1.807) is 0 Å². The van der Waals surface area contributed by atoms with Crippen molar-refractivity contribution in [2.45, 2.75) is 18.8 Å². The van der Waals surface area contributed by atoms with Gasteiger partial charge in [0.1, 0.15) is 5.82 Å². The lowest BCUT2D eigenvalue weighted by molar-refractivity contribution is -0.0549. The molecule has 1 saturated heterocycles. The maximum Gasteiger partial charge on any atom is 0.109 e. The predicted octanol–water partition coefficient (Wildman–Crippen LogP) is 1.36. The van der Waals surface area contributed by atoms with Crippen LogP contribution in [0.1, 0.15) is 18.3 Å². The van der Waals surface area contributed by atoms with Gasteiger partial charge in [-0.2, -0.15) is 0 Å². The molecule has 3 rings (SSSR count). The van der Waals surface area contributed by atoms with Crippen LogP contribution in [-0.2, 0) is 23.6 Å². The van der Waals surface area contributed by atoms with Crippen molar-refractivity contribution in [3.05, 3.63) is 29.6 Å². The standard InChI is InChI=1S/C14H19N3O/c1-3-13-16-11-6-10(4-5-12(11)17(13)2)14(7-15)8-18-9-14/h4-6H,3,7-9,15H2,1-2H3. The summed E-state index contributed by atoms with van der Waals surface area (Å²) in [6, 6.07) is 6.48. The van der Waals surface area contributed by atoms with E-state index in [4.69, 9.17) is 10.5 Å². The monoisotopic (exact) mass is 245 g/mol. The van der Waals surface area contributed by atoms with Crippen molar-refractivity contribution < 1.29 is 4.74 Å². The molecular weight excluding hydrogens is 226 g/mol. The fourth-order valence-electron chi connectivity index (χ4n) is 2.65. The average Bonchev–Trinajstić information content (AvgIpc) is 2.65. The van der Waals surface area contributed by atoms with E-state index in [1.807, 2.05) is 0 Å². The Balaban J connectivity index is 2.11. The van der Waals surface area contributed by atoms with Gasteiger partial charge in [0.15, 0.2) is 0 Å². The summed E-state index contributed by atoms with van der Waals surface area (Å²) in [5.74, 6) is 1.12. The molecule has 4 heteroatoms. The third kappa shape index (κ3) is 1.49. The number of rotatable bonds is 3. The number of hydrogen-bond donors (Lipinski definition) is 1. The van der Waals surface area contributed by atoms with Gasteiger partial charge in [0.05, 0.1) is 29.7 Å². The molecular formula is C14H19N3O. The van der Waals surface area contributed by atoms with Gasteiger partial charge in [-0.1, -0.05) is 13.0 Å². The molecule has 1 aliphatic rings. The first-order valence-corrected chi connectivity index (χ1v) is 6.44. The maximum atomic E-state index is 5.90. The SMILES string of the molecule is CCc1nc2cc(C3(CN)COC3)ccc2n1C. The molecule has 4 nitrogen and oxygen atoms in total. The van der Waals surface area contributed by atoms with Crippen LogP contribution in [0.4, 0.5) is 0 Å². The summed E-state index contributed by atoms with van der Waals surface area (Å²) in [5, 5.41) is 0. The molecule has 1 aromatic heterocycles. The third-order valence-electron chi connectivity index (χ3n) is 4.05. The molecule has 0 aliphatic carbocycles. The van der Waals surface area contributed by atoms with Crippen molar-refractivity contribution in [1.82, 2.24) is 9.55 Å². The largest absolute Gasteiger partial charge is 0.379 e. The van der Waals surface area contributed by atoms with Gasteiger partial charge in [-0.15, -0.1) is 0 Å². The van der Waals surface area contributed by atoms with Crippen molar-refractivity contribution in [2.75, 3.05) is 19.8 Å². The van der Waals surface area contributed by atoms with E-state index in [0.29, 0.717) is 6.54 Å². The first-order valence-electron chi connectivity index (χ1n) is 6.44. The number of imidazole rings is 1. The van der Waals surface area contributed by atoms with Crippen LogP contribution in [0.5, 0.6) is 0 Å². The van der Waals surface area contributed by atoms with Crippen LogP contribution in [0.3, 0.4) is 0 Å². The Hall–Kier alpha value is -1.39. The zero-order valence-electron chi connectivity index (χ0n) is 10.9. The summed E-state index contributed by atoms with van der Waals surface area (Å²) in [7, 11) is 2.07. The van der Waals surface area contributed by atoms with Crippen LogP contribution in [-0.4, -0.2) is 29.3 Å². The van der Waals surface area contributed by atoms with Gasteiger partial charge in [-0.25, -0.2) is 4.98 Å². The summed E-state index contributed by atoms with van der Waals surface area (Å²) < 4.78 is 7.50. The Morgan fingerprint density at radius 3 is 2.78 bits per heavy atom. The van der Waals surface area contributed by atoms with Crippen LogP contribution in [0.15, 0.2) is 18.2 Å². The zero-order valence-corrected chi connectivity index (χ0v) is 10.9. The second-order valence-corrected chi connectivity index (χ2v) is 5.12. The second kappa shape index (κ2) is 4.07. The topological polar surface area (TPSA) is 53.1 Å². The van der Waals surface area contributed by atoms with E-state index in [-0.39, 0.29) is 5.41 Å². The summed E-state index contributed by atoms with van der Waals surface area (Å²) >= 11 is 0. The molecule has 0 atom stereocenters. The predicted molar refractivity (Wildman–Crippen MR) is 71.6 cm³/mol. The quantitative estimate of drug-likeness (QED) is 0.888. The van der Waals surface area contributed by atoms with Gasteiger partial charge in [0, 0.05) is 20.0 Å². The van der Waals surface area contributed by atoms with Crippen molar-refractivity contribution >= 4 is 11.0 Å². The van der Waals surface area contributed by atoms with Crippen LogP contribution in [0.2, 0.25) is 0 Å². The molecule has 1 aromatic carbocycles. The Morgan fingerprint density at radius 1 is 1.44 bits per heavy atom. The lowest BCUT2D eigenvalue weighted by Gasteiger charge is -2.41. The Morgan fingerprint density at radius 2 is 2.22 bits per heavy atom. The van der Waals surface area contributed by atoms with Crippen molar-refractivity contribution in [1.29, 1.82) is 0 Å². The van der Waals surface area contributed by atoms with Crippen molar-refractivity contribution in [3.63, 3.8) is 0 Å². The van der Waals surface area contributed by atoms with E-state index < -0.39 is 0 Å². The van der Waals surface area contributed by atoms with Crippen LogP contribution in [0, 0.1) is 0 Å². The molecule has 0 saturated carbocycles. The number of benzene rings is 1. The van der Waals surface area contributed by atoms with Gasteiger partial charge < -0.3 is 15.0 Å². The fourth-order valence-corrected chi connectivity index (χ4v) is 2.65. The lowest BCUT2D eigenvalue weighted by Crippen LogP contribution is -2.52. The minimum atomic E-state index is 0.0120. The van der Waals surface area contributed by atoms with Crippen molar-refractivity contribution in [3.8, 4) is 0 Å². The fraction of sp³-hybridized carbons (Fsp3) is 0.500. The summed E-state index contributed by atoms with van der Waals surface area (Å²) in [4.78, 5) is 4.68. The molecule has 2 N–H and O–H groups in total. The van der Waals surface area contributed by atoms with E-state index in [9.17, 15) is 0 Å². The highest BCUT2D eigenvalue weighted by atomic mass is 16.5. The molecule has 96 valence electrons. The number of fused-ring (bicyclic) bond motifs is 1. The Bertz CT molecular complexity index is 578. The highest BCUT2D eigenvalue weighted by Crippen LogP contribution is 2.33. The summed E-state index contributed by atoms with van der Waals surface area (Å²) in [6.45, 7) is 4.21. The summed E-state index contributed by atoms with van der Waals surface area (Å²) in [6.07, 6.45) is 0.950. The zero-order chi connectivity index (χ0) is 12.8.